The highest BCUT2D eigenvalue weighted by molar-refractivity contribution is 5.62. The van der Waals surface area contributed by atoms with Gasteiger partial charge in [-0.25, -0.2) is 0 Å². The van der Waals surface area contributed by atoms with E-state index in [0.29, 0.717) is 35.2 Å². The van der Waals surface area contributed by atoms with Crippen LogP contribution in [0.2, 0.25) is 0 Å². The second-order valence-electron chi connectivity index (χ2n) is 6.92. The minimum atomic E-state index is -0.297. The number of ether oxygens (including phenoxy) is 5. The molecule has 2 aliphatic rings. The van der Waals surface area contributed by atoms with Crippen molar-refractivity contribution < 1.29 is 33.9 Å². The molecule has 0 amide bonds. The number of aliphatic hydroxyl groups is 2. The van der Waals surface area contributed by atoms with Crippen LogP contribution in [0.15, 0.2) is 35.4 Å². The Balaban J connectivity index is 1.95. The Hall–Kier alpha value is -2.90. The third-order valence-electron chi connectivity index (χ3n) is 5.53. The molecule has 1 aliphatic heterocycles. The average molecular weight is 400 g/mol. The van der Waals surface area contributed by atoms with E-state index in [1.807, 2.05) is 24.3 Å². The predicted octanol–water partition coefficient (Wildman–Crippen LogP) is 2.41. The maximum Gasteiger partial charge on any atom is 0.231 e. The highest BCUT2D eigenvalue weighted by Gasteiger charge is 2.32. The van der Waals surface area contributed by atoms with Crippen molar-refractivity contribution in [3.63, 3.8) is 0 Å². The van der Waals surface area contributed by atoms with Gasteiger partial charge in [-0.15, -0.1) is 0 Å². The Kier molecular flexibility index (Phi) is 5.25. The minimum Gasteiger partial charge on any atom is -0.493 e. The van der Waals surface area contributed by atoms with Crippen molar-refractivity contribution in [2.45, 2.75) is 12.3 Å². The zero-order valence-corrected chi connectivity index (χ0v) is 16.7. The fourth-order valence-corrected chi connectivity index (χ4v) is 4.17. The van der Waals surface area contributed by atoms with Crippen LogP contribution in [-0.4, -0.2) is 51.5 Å². The molecule has 2 aromatic carbocycles. The fraction of sp³-hybridized carbons (Fsp3) is 0.364. The highest BCUT2D eigenvalue weighted by Crippen LogP contribution is 2.48. The summed E-state index contributed by atoms with van der Waals surface area (Å²) in [6.45, 7) is -0.129. The van der Waals surface area contributed by atoms with Crippen molar-refractivity contribution in [1.82, 2.24) is 0 Å². The highest BCUT2D eigenvalue weighted by atomic mass is 16.7. The Bertz CT molecular complexity index is 939. The first kappa shape index (κ1) is 19.4. The number of benzene rings is 2. The third kappa shape index (κ3) is 3.16. The summed E-state index contributed by atoms with van der Waals surface area (Å²) in [5.74, 6) is 2.62. The fourth-order valence-electron chi connectivity index (χ4n) is 4.17. The number of aliphatic hydroxyl groups excluding tert-OH is 2. The molecule has 7 nitrogen and oxygen atoms in total. The molecule has 0 aromatic heterocycles. The van der Waals surface area contributed by atoms with Crippen LogP contribution in [-0.2, 0) is 6.42 Å². The predicted molar refractivity (Wildman–Crippen MR) is 105 cm³/mol. The molecule has 0 fully saturated rings. The van der Waals surface area contributed by atoms with Crippen LogP contribution in [0.5, 0.6) is 28.7 Å². The van der Waals surface area contributed by atoms with Crippen LogP contribution in [0.3, 0.4) is 0 Å². The lowest BCUT2D eigenvalue weighted by Crippen LogP contribution is -2.20. The Morgan fingerprint density at radius 1 is 0.897 bits per heavy atom. The molecule has 2 aromatic rings. The zero-order chi connectivity index (χ0) is 20.5. The first-order valence-corrected chi connectivity index (χ1v) is 9.29. The summed E-state index contributed by atoms with van der Waals surface area (Å²) in [4.78, 5) is 0. The van der Waals surface area contributed by atoms with E-state index in [0.717, 1.165) is 27.8 Å². The summed E-state index contributed by atoms with van der Waals surface area (Å²) in [5, 5.41) is 20.2. The van der Waals surface area contributed by atoms with Crippen molar-refractivity contribution in [2.24, 2.45) is 0 Å². The Morgan fingerprint density at radius 2 is 1.55 bits per heavy atom. The Morgan fingerprint density at radius 3 is 2.10 bits per heavy atom. The molecule has 29 heavy (non-hydrogen) atoms. The number of hydrogen-bond donors (Lipinski definition) is 2. The summed E-state index contributed by atoms with van der Waals surface area (Å²) >= 11 is 0. The van der Waals surface area contributed by atoms with Gasteiger partial charge < -0.3 is 33.9 Å². The Labute approximate surface area is 169 Å². The minimum absolute atomic E-state index is 0.134. The van der Waals surface area contributed by atoms with E-state index in [9.17, 15) is 10.2 Å². The second kappa shape index (κ2) is 7.85. The average Bonchev–Trinajstić information content (AvgIpc) is 3.22. The molecule has 0 saturated heterocycles. The molecule has 2 N–H and O–H groups in total. The van der Waals surface area contributed by atoms with Crippen LogP contribution in [0.4, 0.5) is 0 Å². The maximum atomic E-state index is 10.2. The van der Waals surface area contributed by atoms with Crippen molar-refractivity contribution >= 4 is 0 Å². The van der Waals surface area contributed by atoms with Crippen LogP contribution >= 0.6 is 0 Å². The van der Waals surface area contributed by atoms with Gasteiger partial charge in [0.25, 0.3) is 0 Å². The van der Waals surface area contributed by atoms with Crippen LogP contribution in [0.25, 0.3) is 0 Å². The van der Waals surface area contributed by atoms with Gasteiger partial charge in [0, 0.05) is 5.92 Å². The van der Waals surface area contributed by atoms with Gasteiger partial charge in [0.1, 0.15) is 0 Å². The number of methoxy groups -OCH3 is 3. The van der Waals surface area contributed by atoms with Gasteiger partial charge in [0.15, 0.2) is 23.0 Å². The topological polar surface area (TPSA) is 86.6 Å². The molecule has 1 aliphatic carbocycles. The lowest BCUT2D eigenvalue weighted by atomic mass is 9.74. The largest absolute Gasteiger partial charge is 0.493 e. The second-order valence-corrected chi connectivity index (χ2v) is 6.92. The molecule has 4 rings (SSSR count). The van der Waals surface area contributed by atoms with Crippen LogP contribution < -0.4 is 23.7 Å². The van der Waals surface area contributed by atoms with E-state index in [2.05, 4.69) is 0 Å². The van der Waals surface area contributed by atoms with Gasteiger partial charge in [0.2, 0.25) is 12.5 Å². The first-order valence-electron chi connectivity index (χ1n) is 9.29. The molecule has 0 saturated carbocycles. The SMILES string of the molecule is COc1cc([C@H]2C(CO)=C(CO)Cc3cc4c(cc32)OCO4)cc(OC)c1OC. The van der Waals surface area contributed by atoms with E-state index >= 15 is 0 Å². The molecule has 1 atom stereocenters. The molecular formula is C22H24O7. The summed E-state index contributed by atoms with van der Waals surface area (Å²) in [6.07, 6.45) is 0.541. The van der Waals surface area contributed by atoms with Crippen molar-refractivity contribution in [1.29, 1.82) is 0 Å². The number of rotatable bonds is 6. The quantitative estimate of drug-likeness (QED) is 0.720. The first-order chi connectivity index (χ1) is 14.1. The molecular weight excluding hydrogens is 376 g/mol. The van der Waals surface area contributed by atoms with Gasteiger partial charge in [-0.1, -0.05) is 0 Å². The summed E-state index contributed by atoms with van der Waals surface area (Å²) in [6, 6.07) is 7.65. The molecule has 7 heteroatoms. The van der Waals surface area contributed by atoms with Gasteiger partial charge in [0.05, 0.1) is 34.5 Å². The van der Waals surface area contributed by atoms with E-state index in [1.54, 1.807) is 21.3 Å². The van der Waals surface area contributed by atoms with Crippen LogP contribution in [0, 0.1) is 0 Å². The van der Waals surface area contributed by atoms with Gasteiger partial charge in [-0.2, -0.15) is 0 Å². The van der Waals surface area contributed by atoms with Crippen molar-refractivity contribution in [3.8, 4) is 28.7 Å². The lowest BCUT2D eigenvalue weighted by molar-refractivity contribution is 0.174. The van der Waals surface area contributed by atoms with Gasteiger partial charge in [-0.05, 0) is 58.5 Å². The molecule has 1 heterocycles. The molecule has 0 bridgehead atoms. The standard InChI is InChI=1S/C22H24O7/c1-25-19-6-13(7-20(26-2)22(19)27-3)21-15-8-18-17(28-11-29-18)5-12(15)4-14(9-23)16(21)10-24/h5-8,21,23-24H,4,9-11H2,1-3H3/t21-/m1/s1. The normalized spacial score (nSPS) is 17.2. The number of fused-ring (bicyclic) bond motifs is 2. The van der Waals surface area contributed by atoms with Crippen LogP contribution in [0.1, 0.15) is 22.6 Å². The number of hydrogen-bond acceptors (Lipinski definition) is 7. The molecule has 0 unspecified atom stereocenters. The molecule has 0 spiro atoms. The molecule has 0 radical (unpaired) electrons. The lowest BCUT2D eigenvalue weighted by Gasteiger charge is -2.31. The van der Waals surface area contributed by atoms with E-state index in [-0.39, 0.29) is 25.9 Å². The van der Waals surface area contributed by atoms with Gasteiger partial charge in [-0.3, -0.25) is 0 Å². The smallest absolute Gasteiger partial charge is 0.231 e. The summed E-state index contributed by atoms with van der Waals surface area (Å²) < 4.78 is 27.6. The van der Waals surface area contributed by atoms with Gasteiger partial charge >= 0.3 is 0 Å². The van der Waals surface area contributed by atoms with E-state index in [4.69, 9.17) is 23.7 Å². The third-order valence-corrected chi connectivity index (χ3v) is 5.53. The van der Waals surface area contributed by atoms with E-state index < -0.39 is 0 Å². The zero-order valence-electron chi connectivity index (χ0n) is 16.7. The summed E-state index contributed by atoms with van der Waals surface area (Å²) in [5.41, 5.74) is 4.42. The molecule has 154 valence electrons. The summed E-state index contributed by atoms with van der Waals surface area (Å²) in [7, 11) is 4.69. The maximum absolute atomic E-state index is 10.2. The van der Waals surface area contributed by atoms with E-state index in [1.165, 1.54) is 0 Å². The van der Waals surface area contributed by atoms with Crippen molar-refractivity contribution in [2.75, 3.05) is 41.3 Å². The monoisotopic (exact) mass is 400 g/mol. The van der Waals surface area contributed by atoms with Crippen molar-refractivity contribution in [3.05, 3.63) is 52.1 Å².